The molecule has 2 rings (SSSR count). The number of aromatic nitrogens is 3. The highest BCUT2D eigenvalue weighted by molar-refractivity contribution is 7.71. The maximum absolute atomic E-state index is 5.27. The van der Waals surface area contributed by atoms with Crippen molar-refractivity contribution in [3.8, 4) is 0 Å². The Labute approximate surface area is 110 Å². The minimum Gasteiger partial charge on any atom is -0.347 e. The van der Waals surface area contributed by atoms with Gasteiger partial charge in [-0.1, -0.05) is 19.1 Å². The number of aryl methyl sites for hydroxylation is 2. The number of aromatic amines is 1. The van der Waals surface area contributed by atoms with Crippen LogP contribution in [0.25, 0.3) is 0 Å². The molecule has 0 amide bonds. The summed E-state index contributed by atoms with van der Waals surface area (Å²) >= 11 is 6.93. The van der Waals surface area contributed by atoms with E-state index in [4.69, 9.17) is 12.2 Å². The largest absolute Gasteiger partial charge is 0.347 e. The molecule has 0 aliphatic carbocycles. The molecule has 0 fully saturated rings. The molecule has 2 aromatic heterocycles. The third kappa shape index (κ3) is 2.79. The third-order valence-corrected chi connectivity index (χ3v) is 4.01. The first-order valence-electron chi connectivity index (χ1n) is 5.59. The molecular weight excluding hydrogens is 250 g/mol. The molecule has 0 aliphatic rings. The van der Waals surface area contributed by atoms with Gasteiger partial charge in [0.25, 0.3) is 0 Å². The summed E-state index contributed by atoms with van der Waals surface area (Å²) in [6.45, 7) is 6.13. The van der Waals surface area contributed by atoms with Crippen molar-refractivity contribution in [3.63, 3.8) is 0 Å². The van der Waals surface area contributed by atoms with Gasteiger partial charge in [-0.25, -0.2) is 9.97 Å². The van der Waals surface area contributed by atoms with E-state index < -0.39 is 0 Å². The van der Waals surface area contributed by atoms with E-state index >= 15 is 0 Å². The summed E-state index contributed by atoms with van der Waals surface area (Å²) in [5, 5.41) is 3.13. The van der Waals surface area contributed by atoms with E-state index in [0.717, 1.165) is 34.9 Å². The fourth-order valence-electron chi connectivity index (χ4n) is 1.70. The normalized spacial score (nSPS) is 10.8. The maximum atomic E-state index is 5.27. The van der Waals surface area contributed by atoms with Crippen LogP contribution in [-0.4, -0.2) is 15.0 Å². The van der Waals surface area contributed by atoms with Crippen LogP contribution in [-0.2, 0) is 12.8 Å². The average Bonchev–Trinajstić information content (AvgIpc) is 2.69. The summed E-state index contributed by atoms with van der Waals surface area (Å²) < 4.78 is 0.698. The van der Waals surface area contributed by atoms with E-state index in [9.17, 15) is 0 Å². The smallest absolute Gasteiger partial charge is 0.132 e. The predicted octanol–water partition coefficient (Wildman–Crippen LogP) is 3.37. The maximum Gasteiger partial charge on any atom is 0.132 e. The Morgan fingerprint density at radius 1 is 1.35 bits per heavy atom. The zero-order valence-corrected chi connectivity index (χ0v) is 11.8. The van der Waals surface area contributed by atoms with Crippen LogP contribution in [0.15, 0.2) is 5.38 Å². The van der Waals surface area contributed by atoms with Gasteiger partial charge in [-0.15, -0.1) is 11.3 Å². The highest BCUT2D eigenvalue weighted by atomic mass is 32.1. The quantitative estimate of drug-likeness (QED) is 0.865. The number of rotatable bonds is 3. The van der Waals surface area contributed by atoms with Gasteiger partial charge in [0.1, 0.15) is 15.5 Å². The topological polar surface area (TPSA) is 41.6 Å². The molecule has 0 unspecified atom stereocenters. The molecule has 17 heavy (non-hydrogen) atoms. The van der Waals surface area contributed by atoms with Gasteiger partial charge < -0.3 is 4.98 Å². The average molecular weight is 265 g/mol. The Balaban J connectivity index is 2.33. The summed E-state index contributed by atoms with van der Waals surface area (Å²) in [6, 6.07) is 0. The summed E-state index contributed by atoms with van der Waals surface area (Å²) in [5.74, 6) is 0.909. The van der Waals surface area contributed by atoms with Crippen molar-refractivity contribution in [2.75, 3.05) is 0 Å². The Morgan fingerprint density at radius 2 is 2.12 bits per heavy atom. The molecule has 0 bridgehead atoms. The molecule has 0 saturated heterocycles. The first kappa shape index (κ1) is 12.4. The molecule has 0 saturated carbocycles. The standard InChI is InChI=1S/C12H15N3S2/c1-4-9-8(3)12(16)15-10(14-9)5-11-13-7(2)6-17-11/h6H,4-5H2,1-3H3,(H,14,15,16). The fourth-order valence-corrected chi connectivity index (χ4v) is 2.71. The molecular formula is C12H15N3S2. The van der Waals surface area contributed by atoms with Crippen LogP contribution in [0.5, 0.6) is 0 Å². The Morgan fingerprint density at radius 3 is 2.71 bits per heavy atom. The summed E-state index contributed by atoms with van der Waals surface area (Å²) in [5.41, 5.74) is 3.32. The molecule has 1 N–H and O–H groups in total. The van der Waals surface area contributed by atoms with Crippen molar-refractivity contribution in [1.29, 1.82) is 0 Å². The van der Waals surface area contributed by atoms with Gasteiger partial charge in [0.15, 0.2) is 0 Å². The lowest BCUT2D eigenvalue weighted by Crippen LogP contribution is -2.03. The fraction of sp³-hybridized carbons (Fsp3) is 0.417. The molecule has 0 radical (unpaired) electrons. The molecule has 2 heterocycles. The highest BCUT2D eigenvalue weighted by Crippen LogP contribution is 2.14. The lowest BCUT2D eigenvalue weighted by atomic mass is 10.2. The second-order valence-electron chi connectivity index (χ2n) is 4.01. The van der Waals surface area contributed by atoms with Crippen molar-refractivity contribution in [1.82, 2.24) is 15.0 Å². The van der Waals surface area contributed by atoms with Gasteiger partial charge >= 0.3 is 0 Å². The molecule has 0 atom stereocenters. The zero-order valence-electron chi connectivity index (χ0n) is 10.2. The third-order valence-electron chi connectivity index (χ3n) is 2.64. The van der Waals surface area contributed by atoms with Crippen LogP contribution >= 0.6 is 23.6 Å². The van der Waals surface area contributed by atoms with Gasteiger partial charge in [-0.05, 0) is 20.3 Å². The van der Waals surface area contributed by atoms with E-state index in [2.05, 4.69) is 27.3 Å². The number of hydrogen-bond acceptors (Lipinski definition) is 4. The summed E-state index contributed by atoms with van der Waals surface area (Å²) in [7, 11) is 0. The number of hydrogen-bond donors (Lipinski definition) is 1. The number of thiazole rings is 1. The Hall–Kier alpha value is -1.07. The Bertz CT molecular complexity index is 584. The van der Waals surface area contributed by atoms with E-state index in [1.807, 2.05) is 13.8 Å². The number of nitrogens with zero attached hydrogens (tertiary/aromatic N) is 2. The molecule has 3 nitrogen and oxygen atoms in total. The van der Waals surface area contributed by atoms with Crippen LogP contribution in [0.3, 0.4) is 0 Å². The number of H-pyrrole nitrogens is 1. The van der Waals surface area contributed by atoms with Crippen LogP contribution < -0.4 is 0 Å². The minimum atomic E-state index is 0.698. The van der Waals surface area contributed by atoms with Crippen molar-refractivity contribution < 1.29 is 0 Å². The monoisotopic (exact) mass is 265 g/mol. The van der Waals surface area contributed by atoms with Crippen LogP contribution in [0.1, 0.15) is 34.7 Å². The molecule has 0 spiro atoms. The second kappa shape index (κ2) is 5.06. The van der Waals surface area contributed by atoms with Crippen molar-refractivity contribution in [3.05, 3.63) is 37.8 Å². The molecule has 0 aliphatic heterocycles. The van der Waals surface area contributed by atoms with E-state index in [-0.39, 0.29) is 0 Å². The van der Waals surface area contributed by atoms with Crippen molar-refractivity contribution >= 4 is 23.6 Å². The van der Waals surface area contributed by atoms with Gasteiger partial charge in [0, 0.05) is 22.3 Å². The van der Waals surface area contributed by atoms with E-state index in [1.54, 1.807) is 11.3 Å². The SMILES string of the molecule is CCc1[nH]c(Cc2nc(C)cs2)nc(=S)c1C. The second-order valence-corrected chi connectivity index (χ2v) is 5.33. The van der Waals surface area contributed by atoms with Crippen molar-refractivity contribution in [2.24, 2.45) is 0 Å². The van der Waals surface area contributed by atoms with Crippen LogP contribution in [0, 0.1) is 18.5 Å². The molecule has 2 aromatic rings. The first-order chi connectivity index (χ1) is 8.10. The van der Waals surface area contributed by atoms with Crippen molar-refractivity contribution in [2.45, 2.75) is 33.6 Å². The first-order valence-corrected chi connectivity index (χ1v) is 6.88. The van der Waals surface area contributed by atoms with Gasteiger partial charge in [-0.2, -0.15) is 0 Å². The highest BCUT2D eigenvalue weighted by Gasteiger charge is 2.06. The van der Waals surface area contributed by atoms with Crippen LogP contribution in [0.2, 0.25) is 0 Å². The van der Waals surface area contributed by atoms with Gasteiger partial charge in [-0.3, -0.25) is 0 Å². The molecule has 90 valence electrons. The summed E-state index contributed by atoms with van der Waals surface area (Å²) in [6.07, 6.45) is 1.68. The zero-order chi connectivity index (χ0) is 12.4. The number of nitrogens with one attached hydrogen (secondary N) is 1. The van der Waals surface area contributed by atoms with Crippen LogP contribution in [0.4, 0.5) is 0 Å². The summed E-state index contributed by atoms with van der Waals surface area (Å²) in [4.78, 5) is 12.2. The van der Waals surface area contributed by atoms with Gasteiger partial charge in [0.2, 0.25) is 0 Å². The lowest BCUT2D eigenvalue weighted by molar-refractivity contribution is 0.875. The lowest BCUT2D eigenvalue weighted by Gasteiger charge is -2.06. The van der Waals surface area contributed by atoms with Gasteiger partial charge in [0.05, 0.1) is 6.42 Å². The minimum absolute atomic E-state index is 0.698. The molecule has 0 aromatic carbocycles. The van der Waals surface area contributed by atoms with E-state index in [1.165, 1.54) is 5.69 Å². The van der Waals surface area contributed by atoms with E-state index in [0.29, 0.717) is 4.64 Å². The predicted molar refractivity (Wildman–Crippen MR) is 73.2 cm³/mol. The molecule has 5 heteroatoms. The Kier molecular flexibility index (Phi) is 3.69.